The quantitative estimate of drug-likeness (QED) is 0.495. The first kappa shape index (κ1) is 20.0. The van der Waals surface area contributed by atoms with Crippen LogP contribution in [0.25, 0.3) is 0 Å². The summed E-state index contributed by atoms with van der Waals surface area (Å²) in [6.07, 6.45) is 3.83. The van der Waals surface area contributed by atoms with Gasteiger partial charge >= 0.3 is 0 Å². The molecule has 0 aliphatic heterocycles. The SMILES string of the molecule is CON=C(C)[C@H]1CC[C@@]2(O)C3=CC(=O)[C@@H]4C[C@@H](O)[C@@H](O)C[C@]4(C)C3CC[C@]12C. The minimum Gasteiger partial charge on any atom is -0.399 e. The number of oxime groups is 1. The van der Waals surface area contributed by atoms with Crippen molar-refractivity contribution >= 4 is 11.5 Å². The van der Waals surface area contributed by atoms with Crippen molar-refractivity contribution in [3.05, 3.63) is 11.6 Å². The molecule has 0 aromatic rings. The molecule has 1 unspecified atom stereocenters. The number of aliphatic hydroxyl groups excluding tert-OH is 2. The molecule has 8 atom stereocenters. The van der Waals surface area contributed by atoms with Crippen LogP contribution in [0.1, 0.15) is 59.3 Å². The number of carbonyl (C=O) groups is 1. The van der Waals surface area contributed by atoms with Crippen molar-refractivity contribution in [2.24, 2.45) is 33.7 Å². The van der Waals surface area contributed by atoms with Crippen molar-refractivity contribution in [2.75, 3.05) is 7.11 Å². The summed E-state index contributed by atoms with van der Waals surface area (Å²) in [5, 5.41) is 36.6. The van der Waals surface area contributed by atoms with Gasteiger partial charge in [-0.3, -0.25) is 4.79 Å². The second kappa shape index (κ2) is 6.38. The van der Waals surface area contributed by atoms with E-state index in [0.29, 0.717) is 19.3 Å². The molecule has 0 saturated heterocycles. The third-order valence-corrected chi connectivity index (χ3v) is 8.86. The molecule has 0 spiro atoms. The van der Waals surface area contributed by atoms with Gasteiger partial charge in [-0.1, -0.05) is 19.0 Å². The number of nitrogens with zero attached hydrogens (tertiary/aromatic N) is 1. The van der Waals surface area contributed by atoms with Gasteiger partial charge in [-0.05, 0) is 68.4 Å². The molecule has 0 aromatic heterocycles. The summed E-state index contributed by atoms with van der Waals surface area (Å²) in [6.45, 7) is 6.14. The first-order valence-corrected chi connectivity index (χ1v) is 10.5. The lowest BCUT2D eigenvalue weighted by molar-refractivity contribution is -0.151. The van der Waals surface area contributed by atoms with Gasteiger partial charge < -0.3 is 20.2 Å². The molecule has 0 radical (unpaired) electrons. The largest absolute Gasteiger partial charge is 0.399 e. The number of hydrogen-bond donors (Lipinski definition) is 3. The summed E-state index contributed by atoms with van der Waals surface area (Å²) in [5.74, 6) is -0.141. The van der Waals surface area contributed by atoms with Gasteiger partial charge in [0.25, 0.3) is 0 Å². The molecule has 3 N–H and O–H groups in total. The van der Waals surface area contributed by atoms with Crippen LogP contribution in [0.15, 0.2) is 16.8 Å². The molecule has 4 rings (SSSR count). The van der Waals surface area contributed by atoms with Gasteiger partial charge in [0.05, 0.1) is 23.5 Å². The van der Waals surface area contributed by atoms with E-state index in [1.807, 2.05) is 6.92 Å². The van der Waals surface area contributed by atoms with Crippen molar-refractivity contribution in [2.45, 2.75) is 77.1 Å². The Morgan fingerprint density at radius 2 is 1.89 bits per heavy atom. The fourth-order valence-electron chi connectivity index (χ4n) is 7.25. The molecule has 0 aromatic carbocycles. The predicted octanol–water partition coefficient (Wildman–Crippen LogP) is 2.21. The van der Waals surface area contributed by atoms with E-state index in [9.17, 15) is 20.1 Å². The second-order valence-corrected chi connectivity index (χ2v) is 10.0. The molecule has 3 fully saturated rings. The van der Waals surface area contributed by atoms with E-state index in [4.69, 9.17) is 4.84 Å². The van der Waals surface area contributed by atoms with Gasteiger partial charge in [0.15, 0.2) is 5.78 Å². The Morgan fingerprint density at radius 1 is 1.18 bits per heavy atom. The van der Waals surface area contributed by atoms with E-state index in [1.54, 1.807) is 6.08 Å². The van der Waals surface area contributed by atoms with Crippen molar-refractivity contribution in [1.82, 2.24) is 0 Å². The summed E-state index contributed by atoms with van der Waals surface area (Å²) in [6, 6.07) is 0. The number of fused-ring (bicyclic) bond motifs is 5. The lowest BCUT2D eigenvalue weighted by atomic mass is 9.46. The summed E-state index contributed by atoms with van der Waals surface area (Å²) in [5.41, 5.74) is -0.123. The van der Waals surface area contributed by atoms with Crippen LogP contribution in [0.4, 0.5) is 0 Å². The molecule has 6 heteroatoms. The van der Waals surface area contributed by atoms with E-state index >= 15 is 0 Å². The fourth-order valence-corrected chi connectivity index (χ4v) is 7.25. The lowest BCUT2D eigenvalue weighted by Gasteiger charge is -2.59. The van der Waals surface area contributed by atoms with E-state index < -0.39 is 28.6 Å². The monoisotopic (exact) mass is 391 g/mol. The van der Waals surface area contributed by atoms with Gasteiger partial charge in [-0.15, -0.1) is 0 Å². The molecule has 156 valence electrons. The Labute approximate surface area is 166 Å². The molecular formula is C22H33NO5. The summed E-state index contributed by atoms with van der Waals surface area (Å²) < 4.78 is 0. The Bertz CT molecular complexity index is 747. The molecule has 0 bridgehead atoms. The molecule has 4 aliphatic rings. The zero-order valence-corrected chi connectivity index (χ0v) is 17.3. The molecule has 0 heterocycles. The molecule has 4 aliphatic carbocycles. The normalized spacial score (nSPS) is 51.1. The van der Waals surface area contributed by atoms with Crippen LogP contribution in [-0.2, 0) is 9.63 Å². The molecule has 6 nitrogen and oxygen atoms in total. The first-order valence-electron chi connectivity index (χ1n) is 10.5. The van der Waals surface area contributed by atoms with E-state index in [2.05, 4.69) is 19.0 Å². The highest BCUT2D eigenvalue weighted by atomic mass is 16.6. The third kappa shape index (κ3) is 2.44. The average Bonchev–Trinajstić information content (AvgIpc) is 2.90. The first-order chi connectivity index (χ1) is 13.1. The number of rotatable bonds is 2. The number of hydrogen-bond acceptors (Lipinski definition) is 6. The topological polar surface area (TPSA) is 99.4 Å². The Balaban J connectivity index is 1.77. The van der Waals surface area contributed by atoms with Crippen molar-refractivity contribution in [1.29, 1.82) is 0 Å². The van der Waals surface area contributed by atoms with E-state index in [1.165, 1.54) is 7.11 Å². The Morgan fingerprint density at radius 3 is 2.57 bits per heavy atom. The maximum atomic E-state index is 13.1. The zero-order chi connectivity index (χ0) is 20.5. The van der Waals surface area contributed by atoms with Crippen LogP contribution in [0.3, 0.4) is 0 Å². The fraction of sp³-hybridized carbons (Fsp3) is 0.818. The Kier molecular flexibility index (Phi) is 4.57. The molecular weight excluding hydrogens is 358 g/mol. The van der Waals surface area contributed by atoms with Gasteiger partial charge in [0, 0.05) is 17.3 Å². The van der Waals surface area contributed by atoms with Gasteiger partial charge in [0.2, 0.25) is 0 Å². The van der Waals surface area contributed by atoms with Gasteiger partial charge in [-0.25, -0.2) is 0 Å². The van der Waals surface area contributed by atoms with Crippen LogP contribution in [0.2, 0.25) is 0 Å². The smallest absolute Gasteiger partial charge is 0.159 e. The van der Waals surface area contributed by atoms with Crippen molar-refractivity contribution < 1.29 is 25.0 Å². The van der Waals surface area contributed by atoms with Crippen LogP contribution in [-0.4, -0.2) is 51.7 Å². The minimum absolute atomic E-state index is 0.0110. The van der Waals surface area contributed by atoms with Crippen LogP contribution in [0, 0.1) is 28.6 Å². The summed E-state index contributed by atoms with van der Waals surface area (Å²) >= 11 is 0. The number of carbonyl (C=O) groups excluding carboxylic acids is 1. The second-order valence-electron chi connectivity index (χ2n) is 10.0. The minimum atomic E-state index is -1.05. The number of ketones is 1. The van der Waals surface area contributed by atoms with Gasteiger partial charge in [0.1, 0.15) is 7.11 Å². The summed E-state index contributed by atoms with van der Waals surface area (Å²) in [7, 11) is 1.54. The maximum Gasteiger partial charge on any atom is 0.159 e. The van der Waals surface area contributed by atoms with E-state index in [-0.39, 0.29) is 23.5 Å². The van der Waals surface area contributed by atoms with Gasteiger partial charge in [-0.2, -0.15) is 0 Å². The van der Waals surface area contributed by atoms with Crippen LogP contribution in [0.5, 0.6) is 0 Å². The molecule has 28 heavy (non-hydrogen) atoms. The predicted molar refractivity (Wildman–Crippen MR) is 105 cm³/mol. The van der Waals surface area contributed by atoms with Crippen LogP contribution < -0.4 is 0 Å². The van der Waals surface area contributed by atoms with Crippen LogP contribution >= 0.6 is 0 Å². The highest BCUT2D eigenvalue weighted by Gasteiger charge is 2.66. The molecule has 0 amide bonds. The lowest BCUT2D eigenvalue weighted by Crippen LogP contribution is -2.60. The Hall–Kier alpha value is -1.24. The standard InChI is InChI=1S/C22H33NO5/c1-12(23-28-4)13-6-8-22(27)15-9-17(24)16-10-18(25)19(26)11-20(16,2)14(15)5-7-21(13,22)3/h9,13-14,16,18-19,25-27H,5-8,10-11H2,1-4H3/t13-,14?,16+,18-,19+,20-,21-,22-/m1/s1. The van der Waals surface area contributed by atoms with Crippen molar-refractivity contribution in [3.8, 4) is 0 Å². The highest BCUT2D eigenvalue weighted by molar-refractivity contribution is 5.95. The van der Waals surface area contributed by atoms with E-state index in [0.717, 1.165) is 30.5 Å². The average molecular weight is 392 g/mol. The number of aliphatic hydroxyl groups is 3. The van der Waals surface area contributed by atoms with Crippen molar-refractivity contribution in [3.63, 3.8) is 0 Å². The number of allylic oxidation sites excluding steroid dienone is 1. The molecule has 3 saturated carbocycles. The highest BCUT2D eigenvalue weighted by Crippen LogP contribution is 2.67. The summed E-state index contributed by atoms with van der Waals surface area (Å²) in [4.78, 5) is 18.1. The zero-order valence-electron chi connectivity index (χ0n) is 17.3. The third-order valence-electron chi connectivity index (χ3n) is 8.86. The maximum absolute atomic E-state index is 13.1.